The maximum absolute atomic E-state index is 11.8. The molecule has 0 aromatic carbocycles. The van der Waals surface area contributed by atoms with E-state index in [1.807, 2.05) is 5.43 Å². The fraction of sp³-hybridized carbons (Fsp3) is 0.286. The molecule has 0 bridgehead atoms. The number of hydrazine groups is 1. The van der Waals surface area contributed by atoms with Crippen LogP contribution in [-0.4, -0.2) is 23.8 Å². The van der Waals surface area contributed by atoms with Crippen molar-refractivity contribution < 1.29 is 27.6 Å². The van der Waals surface area contributed by atoms with E-state index in [-0.39, 0.29) is 11.8 Å². The van der Waals surface area contributed by atoms with Crippen molar-refractivity contribution in [3.63, 3.8) is 0 Å². The van der Waals surface area contributed by atoms with Crippen molar-refractivity contribution in [3.05, 3.63) is 11.8 Å². The van der Waals surface area contributed by atoms with Gasteiger partial charge in [0.05, 0.1) is 0 Å². The lowest BCUT2D eigenvalue weighted by atomic mass is 10.3. The summed E-state index contributed by atoms with van der Waals surface area (Å²) in [6.45, 7) is 1.09. The number of nitrogens with one attached hydrogen (secondary N) is 2. The number of primary amides is 1. The standard InChI is InChI=1S/C7H8F3N3O3/c1-3(2-4(14)7(8,9)10)12-13-6(16)5(11)15/h2,12H,1H3,(H2,11,15)(H,13,16). The van der Waals surface area contributed by atoms with Crippen molar-refractivity contribution in [2.75, 3.05) is 0 Å². The zero-order valence-electron chi connectivity index (χ0n) is 8.01. The van der Waals surface area contributed by atoms with Crippen molar-refractivity contribution >= 4 is 17.6 Å². The Labute approximate surface area is 87.6 Å². The van der Waals surface area contributed by atoms with E-state index in [0.717, 1.165) is 6.92 Å². The molecule has 0 saturated carbocycles. The zero-order valence-corrected chi connectivity index (χ0v) is 8.01. The molecule has 0 heterocycles. The molecule has 0 unspecified atom stereocenters. The monoisotopic (exact) mass is 239 g/mol. The summed E-state index contributed by atoms with van der Waals surface area (Å²) in [5, 5.41) is 0. The maximum Gasteiger partial charge on any atom is 0.454 e. The molecule has 0 aromatic rings. The van der Waals surface area contributed by atoms with E-state index in [1.54, 1.807) is 5.43 Å². The van der Waals surface area contributed by atoms with Crippen molar-refractivity contribution in [3.8, 4) is 0 Å². The molecule has 0 radical (unpaired) electrons. The minimum Gasteiger partial charge on any atom is -0.361 e. The highest BCUT2D eigenvalue weighted by molar-refractivity contribution is 6.34. The van der Waals surface area contributed by atoms with Crippen LogP contribution in [0, 0.1) is 0 Å². The van der Waals surface area contributed by atoms with Crippen molar-refractivity contribution in [2.24, 2.45) is 5.73 Å². The molecule has 90 valence electrons. The summed E-state index contributed by atoms with van der Waals surface area (Å²) in [7, 11) is 0. The Balaban J connectivity index is 4.32. The van der Waals surface area contributed by atoms with Gasteiger partial charge in [-0.2, -0.15) is 13.2 Å². The number of halogens is 3. The van der Waals surface area contributed by atoms with Gasteiger partial charge in [0.1, 0.15) is 0 Å². The summed E-state index contributed by atoms with van der Waals surface area (Å²) >= 11 is 0. The Morgan fingerprint density at radius 2 is 1.69 bits per heavy atom. The van der Waals surface area contributed by atoms with Gasteiger partial charge < -0.3 is 11.2 Å². The predicted octanol–water partition coefficient (Wildman–Crippen LogP) is -0.872. The van der Waals surface area contributed by atoms with Crippen LogP contribution in [0.15, 0.2) is 11.8 Å². The zero-order chi connectivity index (χ0) is 12.9. The Morgan fingerprint density at radius 3 is 2.06 bits per heavy atom. The lowest BCUT2D eigenvalue weighted by molar-refractivity contribution is -0.165. The first kappa shape index (κ1) is 13.9. The molecule has 0 rings (SSSR count). The molecule has 0 aliphatic rings. The highest BCUT2D eigenvalue weighted by atomic mass is 19.4. The number of nitrogens with two attached hydrogens (primary N) is 1. The van der Waals surface area contributed by atoms with Gasteiger partial charge in [-0.3, -0.25) is 19.8 Å². The van der Waals surface area contributed by atoms with Gasteiger partial charge in [0, 0.05) is 11.8 Å². The van der Waals surface area contributed by atoms with E-state index in [9.17, 15) is 27.6 Å². The van der Waals surface area contributed by atoms with E-state index >= 15 is 0 Å². The molecule has 0 aliphatic carbocycles. The number of hydrogen-bond donors (Lipinski definition) is 3. The molecule has 0 fully saturated rings. The second kappa shape index (κ2) is 5.14. The fourth-order valence-corrected chi connectivity index (χ4v) is 0.532. The van der Waals surface area contributed by atoms with Crippen LogP contribution in [0.3, 0.4) is 0 Å². The summed E-state index contributed by atoms with van der Waals surface area (Å²) < 4.78 is 35.3. The molecule has 0 atom stereocenters. The Bertz CT molecular complexity index is 349. The van der Waals surface area contributed by atoms with Crippen LogP contribution in [0.25, 0.3) is 0 Å². The second-order valence-electron chi connectivity index (χ2n) is 2.63. The molecular weight excluding hydrogens is 231 g/mol. The van der Waals surface area contributed by atoms with E-state index in [4.69, 9.17) is 0 Å². The molecule has 16 heavy (non-hydrogen) atoms. The number of rotatable bonds is 3. The van der Waals surface area contributed by atoms with Gasteiger partial charge in [-0.1, -0.05) is 0 Å². The number of allylic oxidation sites excluding steroid dienone is 2. The van der Waals surface area contributed by atoms with Crippen LogP contribution in [0.1, 0.15) is 6.92 Å². The molecule has 0 aliphatic heterocycles. The van der Waals surface area contributed by atoms with Gasteiger partial charge in [0.15, 0.2) is 0 Å². The topological polar surface area (TPSA) is 101 Å². The maximum atomic E-state index is 11.8. The first-order chi connectivity index (χ1) is 7.14. The third-order valence-electron chi connectivity index (χ3n) is 1.22. The van der Waals surface area contributed by atoms with Gasteiger partial charge in [-0.15, -0.1) is 0 Å². The first-order valence-electron chi connectivity index (χ1n) is 3.80. The highest BCUT2D eigenvalue weighted by Gasteiger charge is 2.36. The van der Waals surface area contributed by atoms with Crippen LogP contribution in [0.5, 0.6) is 0 Å². The van der Waals surface area contributed by atoms with Gasteiger partial charge in [-0.05, 0) is 6.92 Å². The summed E-state index contributed by atoms with van der Waals surface area (Å²) in [6, 6.07) is 0. The molecule has 6 nitrogen and oxygen atoms in total. The van der Waals surface area contributed by atoms with Crippen molar-refractivity contribution in [2.45, 2.75) is 13.1 Å². The SMILES string of the molecule is CC(=CC(=O)C(F)(F)F)NNC(=O)C(N)=O. The highest BCUT2D eigenvalue weighted by Crippen LogP contribution is 2.16. The van der Waals surface area contributed by atoms with Gasteiger partial charge in [-0.25, -0.2) is 0 Å². The quantitative estimate of drug-likeness (QED) is 0.338. The molecule has 4 N–H and O–H groups in total. The smallest absolute Gasteiger partial charge is 0.361 e. The number of hydrogen-bond acceptors (Lipinski definition) is 4. The summed E-state index contributed by atoms with van der Waals surface area (Å²) in [5.41, 5.74) is 7.83. The minimum atomic E-state index is -4.99. The predicted molar refractivity (Wildman–Crippen MR) is 45.3 cm³/mol. The average Bonchev–Trinajstić information content (AvgIpc) is 2.12. The minimum absolute atomic E-state index is 0.223. The van der Waals surface area contributed by atoms with E-state index in [0.29, 0.717) is 0 Å². The number of alkyl halides is 3. The number of amides is 2. The third kappa shape index (κ3) is 4.98. The normalized spacial score (nSPS) is 11.9. The molecule has 0 aromatic heterocycles. The molecule has 2 amide bonds. The van der Waals surface area contributed by atoms with E-state index in [2.05, 4.69) is 5.73 Å². The number of carbonyl (C=O) groups excluding carboxylic acids is 3. The van der Waals surface area contributed by atoms with E-state index in [1.165, 1.54) is 0 Å². The van der Waals surface area contributed by atoms with Crippen LogP contribution >= 0.6 is 0 Å². The third-order valence-corrected chi connectivity index (χ3v) is 1.22. The lowest BCUT2D eigenvalue weighted by Gasteiger charge is -2.07. The molecule has 9 heteroatoms. The van der Waals surface area contributed by atoms with Gasteiger partial charge >= 0.3 is 18.0 Å². The lowest BCUT2D eigenvalue weighted by Crippen LogP contribution is -2.43. The average molecular weight is 239 g/mol. The van der Waals surface area contributed by atoms with Crippen molar-refractivity contribution in [1.29, 1.82) is 0 Å². The summed E-state index contributed by atoms with van der Waals surface area (Å²) in [4.78, 5) is 31.2. The molecule has 0 saturated heterocycles. The van der Waals surface area contributed by atoms with E-state index < -0.39 is 23.8 Å². The fourth-order valence-electron chi connectivity index (χ4n) is 0.532. The van der Waals surface area contributed by atoms with Crippen LogP contribution < -0.4 is 16.6 Å². The van der Waals surface area contributed by atoms with Crippen LogP contribution in [0.4, 0.5) is 13.2 Å². The number of ketones is 1. The van der Waals surface area contributed by atoms with Gasteiger partial charge in [0.2, 0.25) is 0 Å². The summed E-state index contributed by atoms with van der Waals surface area (Å²) in [5.74, 6) is -4.65. The molecule has 0 spiro atoms. The summed E-state index contributed by atoms with van der Waals surface area (Å²) in [6.07, 6.45) is -4.77. The van der Waals surface area contributed by atoms with Crippen LogP contribution in [0.2, 0.25) is 0 Å². The van der Waals surface area contributed by atoms with Crippen LogP contribution in [-0.2, 0) is 14.4 Å². The first-order valence-corrected chi connectivity index (χ1v) is 3.80. The molecular formula is C7H8F3N3O3. The van der Waals surface area contributed by atoms with Gasteiger partial charge in [0.25, 0.3) is 5.78 Å². The second-order valence-corrected chi connectivity index (χ2v) is 2.63. The largest absolute Gasteiger partial charge is 0.454 e. The Kier molecular flexibility index (Phi) is 4.48. The Hall–Kier alpha value is -2.06. The Morgan fingerprint density at radius 1 is 1.19 bits per heavy atom. The van der Waals surface area contributed by atoms with Crippen molar-refractivity contribution in [1.82, 2.24) is 10.9 Å². The number of carbonyl (C=O) groups is 3.